The van der Waals surface area contributed by atoms with Gasteiger partial charge in [0.1, 0.15) is 5.69 Å². The number of aromatic nitrogens is 5. The number of hydrogen-bond donors (Lipinski definition) is 1. The molecule has 2 rings (SSSR count). The van der Waals surface area contributed by atoms with E-state index in [0.717, 1.165) is 0 Å². The van der Waals surface area contributed by atoms with E-state index in [1.54, 1.807) is 17.8 Å². The highest BCUT2D eigenvalue weighted by Gasteiger charge is 2.05. The predicted octanol–water partition coefficient (Wildman–Crippen LogP) is -0.602. The van der Waals surface area contributed by atoms with Crippen LogP contribution in [0.4, 0.5) is 0 Å². The second-order valence-corrected chi connectivity index (χ2v) is 4.08. The summed E-state index contributed by atoms with van der Waals surface area (Å²) < 4.78 is 2.90. The molecule has 2 aromatic heterocycles. The SMILES string of the molecule is Cc1cn(Cc2cn(CCC#N)nn2)c(=O)[nH]c1=O. The highest BCUT2D eigenvalue weighted by Crippen LogP contribution is 1.97. The highest BCUT2D eigenvalue weighted by molar-refractivity contribution is 5.03. The van der Waals surface area contributed by atoms with E-state index < -0.39 is 5.69 Å². The minimum absolute atomic E-state index is 0.225. The first-order valence-electron chi connectivity index (χ1n) is 5.66. The zero-order chi connectivity index (χ0) is 13.8. The van der Waals surface area contributed by atoms with Gasteiger partial charge in [-0.3, -0.25) is 19.0 Å². The van der Waals surface area contributed by atoms with Crippen molar-refractivity contribution in [1.82, 2.24) is 24.5 Å². The van der Waals surface area contributed by atoms with Crippen LogP contribution in [0.3, 0.4) is 0 Å². The summed E-state index contributed by atoms with van der Waals surface area (Å²) >= 11 is 0. The molecule has 0 fully saturated rings. The molecular weight excluding hydrogens is 248 g/mol. The molecule has 0 aliphatic heterocycles. The molecule has 0 spiro atoms. The van der Waals surface area contributed by atoms with Crippen molar-refractivity contribution < 1.29 is 0 Å². The fourth-order valence-electron chi connectivity index (χ4n) is 1.60. The molecule has 1 N–H and O–H groups in total. The van der Waals surface area contributed by atoms with Crippen molar-refractivity contribution in [2.75, 3.05) is 0 Å². The van der Waals surface area contributed by atoms with E-state index >= 15 is 0 Å². The van der Waals surface area contributed by atoms with Gasteiger partial charge in [-0.1, -0.05) is 5.21 Å². The van der Waals surface area contributed by atoms with Crippen molar-refractivity contribution in [2.24, 2.45) is 0 Å². The molecule has 0 aliphatic rings. The van der Waals surface area contributed by atoms with Crippen molar-refractivity contribution in [3.63, 3.8) is 0 Å². The van der Waals surface area contributed by atoms with Crippen molar-refractivity contribution >= 4 is 0 Å². The lowest BCUT2D eigenvalue weighted by atomic mass is 10.3. The van der Waals surface area contributed by atoms with Crippen LogP contribution in [0.2, 0.25) is 0 Å². The van der Waals surface area contributed by atoms with Gasteiger partial charge in [-0.05, 0) is 6.92 Å². The predicted molar refractivity (Wildman–Crippen MR) is 65.4 cm³/mol. The van der Waals surface area contributed by atoms with Crippen LogP contribution < -0.4 is 11.2 Å². The Labute approximate surface area is 107 Å². The van der Waals surface area contributed by atoms with Crippen LogP contribution in [0.15, 0.2) is 22.0 Å². The number of H-pyrrole nitrogens is 1. The largest absolute Gasteiger partial charge is 0.328 e. The fourth-order valence-corrected chi connectivity index (χ4v) is 1.60. The van der Waals surface area contributed by atoms with E-state index in [2.05, 4.69) is 15.3 Å². The van der Waals surface area contributed by atoms with Gasteiger partial charge in [-0.25, -0.2) is 4.79 Å². The zero-order valence-corrected chi connectivity index (χ0v) is 10.3. The number of hydrogen-bond acceptors (Lipinski definition) is 5. The van der Waals surface area contributed by atoms with Crippen molar-refractivity contribution in [2.45, 2.75) is 26.4 Å². The van der Waals surface area contributed by atoms with Gasteiger partial charge in [-0.2, -0.15) is 5.26 Å². The molecule has 0 saturated heterocycles. The summed E-state index contributed by atoms with van der Waals surface area (Å²) in [5.41, 5.74) is 0.170. The van der Waals surface area contributed by atoms with Gasteiger partial charge in [0, 0.05) is 11.8 Å². The lowest BCUT2D eigenvalue weighted by Gasteiger charge is -2.02. The Morgan fingerprint density at radius 3 is 2.95 bits per heavy atom. The van der Waals surface area contributed by atoms with E-state index in [4.69, 9.17) is 5.26 Å². The summed E-state index contributed by atoms with van der Waals surface area (Å²) in [7, 11) is 0. The summed E-state index contributed by atoms with van der Waals surface area (Å²) in [6.45, 7) is 2.31. The summed E-state index contributed by atoms with van der Waals surface area (Å²) in [5.74, 6) is 0. The van der Waals surface area contributed by atoms with Crippen molar-refractivity contribution in [3.8, 4) is 6.07 Å². The van der Waals surface area contributed by atoms with E-state index in [0.29, 0.717) is 24.2 Å². The van der Waals surface area contributed by atoms with Crippen LogP contribution in [0.25, 0.3) is 0 Å². The van der Waals surface area contributed by atoms with E-state index in [1.165, 1.54) is 10.8 Å². The van der Waals surface area contributed by atoms with Crippen LogP contribution in [-0.2, 0) is 13.1 Å². The lowest BCUT2D eigenvalue weighted by Crippen LogP contribution is -2.31. The fraction of sp³-hybridized carbons (Fsp3) is 0.364. The Hall–Kier alpha value is -2.69. The Balaban J connectivity index is 2.20. The molecule has 0 bridgehead atoms. The molecule has 2 aromatic rings. The van der Waals surface area contributed by atoms with Gasteiger partial charge in [0.15, 0.2) is 0 Å². The average Bonchev–Trinajstić information content (AvgIpc) is 2.81. The average molecular weight is 260 g/mol. The van der Waals surface area contributed by atoms with Crippen LogP contribution in [0, 0.1) is 18.3 Å². The van der Waals surface area contributed by atoms with Crippen molar-refractivity contribution in [1.29, 1.82) is 5.26 Å². The van der Waals surface area contributed by atoms with Gasteiger partial charge in [-0.15, -0.1) is 5.10 Å². The first kappa shape index (κ1) is 12.8. The standard InChI is InChI=1S/C11H12N6O2/c1-8-5-16(11(19)13-10(8)18)6-9-7-17(15-14-9)4-2-3-12/h5,7H,2,4,6H2,1H3,(H,13,18,19). The molecule has 0 saturated carbocycles. The molecule has 0 radical (unpaired) electrons. The second kappa shape index (κ2) is 5.30. The summed E-state index contributed by atoms with van der Waals surface area (Å²) in [4.78, 5) is 25.0. The number of aryl methyl sites for hydroxylation is 2. The summed E-state index contributed by atoms with van der Waals surface area (Å²) in [5, 5.41) is 16.2. The maximum Gasteiger partial charge on any atom is 0.328 e. The maximum atomic E-state index is 11.6. The molecule has 0 aliphatic carbocycles. The minimum atomic E-state index is -0.484. The van der Waals surface area contributed by atoms with Gasteiger partial charge in [0.25, 0.3) is 5.56 Å². The maximum absolute atomic E-state index is 11.6. The highest BCUT2D eigenvalue weighted by atomic mass is 16.2. The molecule has 0 aromatic carbocycles. The second-order valence-electron chi connectivity index (χ2n) is 4.08. The topological polar surface area (TPSA) is 109 Å². The number of aromatic amines is 1. The normalized spacial score (nSPS) is 10.3. The Bertz CT molecular complexity index is 733. The van der Waals surface area contributed by atoms with E-state index in [-0.39, 0.29) is 12.1 Å². The van der Waals surface area contributed by atoms with E-state index in [1.807, 2.05) is 6.07 Å². The van der Waals surface area contributed by atoms with Crippen LogP contribution in [-0.4, -0.2) is 24.5 Å². The molecule has 19 heavy (non-hydrogen) atoms. The van der Waals surface area contributed by atoms with E-state index in [9.17, 15) is 9.59 Å². The molecule has 0 unspecified atom stereocenters. The third-order valence-electron chi connectivity index (χ3n) is 2.56. The minimum Gasteiger partial charge on any atom is -0.294 e. The number of nitrogens with one attached hydrogen (secondary N) is 1. The van der Waals surface area contributed by atoms with Crippen LogP contribution in [0.1, 0.15) is 17.7 Å². The quantitative estimate of drug-likeness (QED) is 0.789. The van der Waals surface area contributed by atoms with Gasteiger partial charge < -0.3 is 0 Å². The first-order valence-corrected chi connectivity index (χ1v) is 5.66. The Morgan fingerprint density at radius 2 is 2.21 bits per heavy atom. The lowest BCUT2D eigenvalue weighted by molar-refractivity contribution is 0.599. The molecular formula is C11H12N6O2. The van der Waals surface area contributed by atoms with Crippen LogP contribution >= 0.6 is 0 Å². The smallest absolute Gasteiger partial charge is 0.294 e. The third-order valence-corrected chi connectivity index (χ3v) is 2.56. The van der Waals surface area contributed by atoms with Crippen LogP contribution in [0.5, 0.6) is 0 Å². The number of nitriles is 1. The summed E-state index contributed by atoms with van der Waals surface area (Å²) in [6.07, 6.45) is 3.50. The molecule has 8 nitrogen and oxygen atoms in total. The monoisotopic (exact) mass is 260 g/mol. The molecule has 0 amide bonds. The van der Waals surface area contributed by atoms with Crippen molar-refractivity contribution in [3.05, 3.63) is 44.5 Å². The Kier molecular flexibility index (Phi) is 3.56. The molecule has 98 valence electrons. The Morgan fingerprint density at radius 1 is 1.42 bits per heavy atom. The number of rotatable bonds is 4. The van der Waals surface area contributed by atoms with Gasteiger partial charge in [0.05, 0.1) is 31.8 Å². The molecule has 8 heteroatoms. The molecule has 2 heterocycles. The summed E-state index contributed by atoms with van der Waals surface area (Å²) in [6, 6.07) is 2.01. The third kappa shape index (κ3) is 2.95. The molecule has 0 atom stereocenters. The zero-order valence-electron chi connectivity index (χ0n) is 10.3. The number of nitrogens with zero attached hydrogens (tertiary/aromatic N) is 5. The van der Waals surface area contributed by atoms with Gasteiger partial charge in [0.2, 0.25) is 0 Å². The first-order chi connectivity index (χ1) is 9.10. The van der Waals surface area contributed by atoms with Gasteiger partial charge >= 0.3 is 5.69 Å².